The lowest BCUT2D eigenvalue weighted by molar-refractivity contribution is -0.156. The zero-order valence-electron chi connectivity index (χ0n) is 12.2. The van der Waals surface area contributed by atoms with Crippen molar-refractivity contribution in [1.82, 2.24) is 4.98 Å². The molecule has 8 heteroatoms. The zero-order chi connectivity index (χ0) is 16.6. The Labute approximate surface area is 130 Å². The molecule has 5 nitrogen and oxygen atoms in total. The van der Waals surface area contributed by atoms with E-state index < -0.39 is 12.1 Å². The summed E-state index contributed by atoms with van der Waals surface area (Å²) >= 11 is 0. The number of fused-ring (bicyclic) bond motifs is 1. The molecule has 1 saturated carbocycles. The van der Waals surface area contributed by atoms with Gasteiger partial charge in [0.2, 0.25) is 5.91 Å². The van der Waals surface area contributed by atoms with E-state index in [1.807, 2.05) is 0 Å². The Morgan fingerprint density at radius 3 is 2.87 bits per heavy atom. The van der Waals surface area contributed by atoms with Crippen molar-refractivity contribution >= 4 is 22.7 Å². The van der Waals surface area contributed by atoms with Crippen LogP contribution in [0.2, 0.25) is 0 Å². The van der Waals surface area contributed by atoms with E-state index in [9.17, 15) is 18.0 Å². The van der Waals surface area contributed by atoms with Gasteiger partial charge in [-0.05, 0) is 43.5 Å². The fraction of sp³-hybridized carbons (Fsp3) is 0.467. The Kier molecular flexibility index (Phi) is 4.01. The monoisotopic (exact) mass is 327 g/mol. The molecule has 1 aliphatic rings. The highest BCUT2D eigenvalue weighted by Gasteiger charge is 2.37. The second-order valence-electron chi connectivity index (χ2n) is 5.72. The van der Waals surface area contributed by atoms with Crippen LogP contribution in [0.15, 0.2) is 22.6 Å². The number of nitrogens with two attached hydrogens (primary N) is 1. The summed E-state index contributed by atoms with van der Waals surface area (Å²) in [5.74, 6) is -1.45. The van der Waals surface area contributed by atoms with Crippen LogP contribution in [0, 0.1) is 11.8 Å². The maximum atomic E-state index is 12.6. The number of amides is 1. The molecule has 1 aromatic heterocycles. The molecule has 124 valence electrons. The quantitative estimate of drug-likeness (QED) is 0.907. The van der Waals surface area contributed by atoms with Gasteiger partial charge in [-0.25, -0.2) is 4.98 Å². The van der Waals surface area contributed by atoms with Gasteiger partial charge in [0.05, 0.1) is 0 Å². The van der Waals surface area contributed by atoms with Crippen molar-refractivity contribution in [2.24, 2.45) is 17.6 Å². The molecule has 1 aliphatic carbocycles. The molecule has 1 amide bonds. The van der Waals surface area contributed by atoms with Crippen LogP contribution in [0.3, 0.4) is 0 Å². The highest BCUT2D eigenvalue weighted by molar-refractivity contribution is 5.94. The molecule has 3 N–H and O–H groups in total. The number of carbonyl (C=O) groups excluding carboxylic acids is 1. The van der Waals surface area contributed by atoms with Gasteiger partial charge in [-0.15, -0.1) is 0 Å². The average molecular weight is 327 g/mol. The molecule has 0 aliphatic heterocycles. The lowest BCUT2D eigenvalue weighted by atomic mass is 9.95. The predicted octanol–water partition coefficient (Wildman–Crippen LogP) is 3.16. The third kappa shape index (κ3) is 3.17. The lowest BCUT2D eigenvalue weighted by Crippen LogP contribution is -2.29. The maximum Gasteiger partial charge on any atom is 0.468 e. The molecule has 0 spiro atoms. The van der Waals surface area contributed by atoms with Crippen molar-refractivity contribution in [1.29, 1.82) is 0 Å². The van der Waals surface area contributed by atoms with Crippen LogP contribution in [-0.2, 0) is 11.0 Å². The summed E-state index contributed by atoms with van der Waals surface area (Å²) in [6.45, 7) is 0.454. The fourth-order valence-corrected chi connectivity index (χ4v) is 3.03. The number of anilines is 1. The van der Waals surface area contributed by atoms with Crippen LogP contribution in [0.5, 0.6) is 0 Å². The van der Waals surface area contributed by atoms with Crippen molar-refractivity contribution in [3.8, 4) is 0 Å². The molecular formula is C15H16F3N3O2. The van der Waals surface area contributed by atoms with E-state index in [0.29, 0.717) is 12.2 Å². The third-order valence-electron chi connectivity index (χ3n) is 4.20. The Morgan fingerprint density at radius 2 is 2.17 bits per heavy atom. The van der Waals surface area contributed by atoms with E-state index in [2.05, 4.69) is 14.7 Å². The van der Waals surface area contributed by atoms with Crippen molar-refractivity contribution in [2.75, 3.05) is 11.9 Å². The van der Waals surface area contributed by atoms with Crippen LogP contribution in [0.1, 0.15) is 25.2 Å². The molecule has 1 aromatic carbocycles. The van der Waals surface area contributed by atoms with E-state index in [1.165, 1.54) is 18.2 Å². The summed E-state index contributed by atoms with van der Waals surface area (Å²) in [6, 6.07) is 4.23. The molecule has 2 aromatic rings. The zero-order valence-corrected chi connectivity index (χ0v) is 12.2. The van der Waals surface area contributed by atoms with Crippen LogP contribution in [-0.4, -0.2) is 17.4 Å². The summed E-state index contributed by atoms with van der Waals surface area (Å²) in [4.78, 5) is 15.7. The Bertz CT molecular complexity index is 726. The van der Waals surface area contributed by atoms with Gasteiger partial charge in [-0.1, -0.05) is 6.42 Å². The van der Waals surface area contributed by atoms with Crippen molar-refractivity contribution in [2.45, 2.75) is 25.4 Å². The van der Waals surface area contributed by atoms with Gasteiger partial charge in [0.1, 0.15) is 5.52 Å². The maximum absolute atomic E-state index is 12.6. The largest absolute Gasteiger partial charge is 0.468 e. The van der Waals surface area contributed by atoms with E-state index in [1.54, 1.807) is 0 Å². The minimum atomic E-state index is -4.64. The van der Waals surface area contributed by atoms with Crippen LogP contribution < -0.4 is 11.1 Å². The van der Waals surface area contributed by atoms with Gasteiger partial charge >= 0.3 is 12.1 Å². The third-order valence-corrected chi connectivity index (χ3v) is 4.20. The number of nitrogens with one attached hydrogen (secondary N) is 1. The number of nitrogens with zero attached hydrogens (tertiary/aromatic N) is 1. The summed E-state index contributed by atoms with van der Waals surface area (Å²) in [5, 5.41) is 2.73. The number of benzene rings is 1. The average Bonchev–Trinajstić information content (AvgIpc) is 3.12. The van der Waals surface area contributed by atoms with E-state index in [4.69, 9.17) is 5.73 Å². The minimum absolute atomic E-state index is 0.0241. The molecule has 1 fully saturated rings. The van der Waals surface area contributed by atoms with Gasteiger partial charge in [-0.3, -0.25) is 4.79 Å². The fourth-order valence-electron chi connectivity index (χ4n) is 3.03. The summed E-state index contributed by atoms with van der Waals surface area (Å²) in [7, 11) is 0. The van der Waals surface area contributed by atoms with Crippen LogP contribution in [0.25, 0.3) is 11.1 Å². The van der Waals surface area contributed by atoms with Gasteiger partial charge in [0.15, 0.2) is 5.58 Å². The van der Waals surface area contributed by atoms with Crippen molar-refractivity contribution < 1.29 is 22.4 Å². The molecule has 0 unspecified atom stereocenters. The first-order chi connectivity index (χ1) is 10.9. The molecule has 1 heterocycles. The SMILES string of the molecule is NC[C@H]1CCC[C@H]1C(=O)Nc1ccc2oc(C(F)(F)F)nc2c1. The standard InChI is InChI=1S/C15H16F3N3O2/c16-15(17,18)14-21-11-6-9(4-5-12(11)23-14)20-13(22)10-3-1-2-8(10)7-19/h4-6,8,10H,1-3,7,19H2,(H,20,22)/t8-,10-/m1/s1. The first-order valence-corrected chi connectivity index (χ1v) is 7.37. The lowest BCUT2D eigenvalue weighted by Gasteiger charge is -2.17. The molecule has 2 atom stereocenters. The molecule has 3 rings (SSSR count). The first kappa shape index (κ1) is 15.8. The topological polar surface area (TPSA) is 81.2 Å². The van der Waals surface area contributed by atoms with Crippen LogP contribution in [0.4, 0.5) is 18.9 Å². The van der Waals surface area contributed by atoms with E-state index >= 15 is 0 Å². The second kappa shape index (κ2) is 5.84. The normalized spacial score (nSPS) is 21.7. The number of aromatic nitrogens is 1. The number of hydrogen-bond acceptors (Lipinski definition) is 4. The van der Waals surface area contributed by atoms with Crippen LogP contribution >= 0.6 is 0 Å². The Hall–Kier alpha value is -2.09. The number of halogens is 3. The predicted molar refractivity (Wildman–Crippen MR) is 77.5 cm³/mol. The summed E-state index contributed by atoms with van der Waals surface area (Å²) in [6.07, 6.45) is -1.98. The molecular weight excluding hydrogens is 311 g/mol. The molecule has 0 bridgehead atoms. The molecule has 0 radical (unpaired) electrons. The summed E-state index contributed by atoms with van der Waals surface area (Å²) in [5.41, 5.74) is 6.14. The minimum Gasteiger partial charge on any atom is -0.433 e. The molecule has 0 saturated heterocycles. The van der Waals surface area contributed by atoms with Gasteiger partial charge in [0, 0.05) is 11.6 Å². The van der Waals surface area contributed by atoms with Gasteiger partial charge in [0.25, 0.3) is 0 Å². The second-order valence-corrected chi connectivity index (χ2v) is 5.72. The first-order valence-electron chi connectivity index (χ1n) is 7.37. The Balaban J connectivity index is 1.79. The number of carbonyl (C=O) groups is 1. The smallest absolute Gasteiger partial charge is 0.433 e. The number of alkyl halides is 3. The Morgan fingerprint density at radius 1 is 1.39 bits per heavy atom. The number of rotatable bonds is 3. The van der Waals surface area contributed by atoms with Gasteiger partial charge in [-0.2, -0.15) is 13.2 Å². The highest BCUT2D eigenvalue weighted by atomic mass is 19.4. The molecule has 23 heavy (non-hydrogen) atoms. The van der Waals surface area contributed by atoms with E-state index in [-0.39, 0.29) is 28.8 Å². The summed E-state index contributed by atoms with van der Waals surface area (Å²) < 4.78 is 42.4. The highest BCUT2D eigenvalue weighted by Crippen LogP contribution is 2.33. The van der Waals surface area contributed by atoms with E-state index in [0.717, 1.165) is 19.3 Å². The number of oxazole rings is 1. The number of hydrogen-bond donors (Lipinski definition) is 2. The van der Waals surface area contributed by atoms with Gasteiger partial charge < -0.3 is 15.5 Å². The van der Waals surface area contributed by atoms with Crippen molar-refractivity contribution in [3.05, 3.63) is 24.1 Å². The van der Waals surface area contributed by atoms with Crippen molar-refractivity contribution in [3.63, 3.8) is 0 Å².